The minimum atomic E-state index is -0.223. The van der Waals surface area contributed by atoms with Crippen molar-refractivity contribution in [3.63, 3.8) is 0 Å². The van der Waals surface area contributed by atoms with E-state index in [0.29, 0.717) is 6.54 Å². The zero-order valence-electron chi connectivity index (χ0n) is 15.3. The summed E-state index contributed by atoms with van der Waals surface area (Å²) in [5.74, 6) is 0.618. The molecule has 5 heteroatoms. The summed E-state index contributed by atoms with van der Waals surface area (Å²) in [5, 5.41) is 0.920. The number of halogens is 1. The van der Waals surface area contributed by atoms with Crippen molar-refractivity contribution in [3.8, 4) is 0 Å². The van der Waals surface area contributed by atoms with E-state index in [2.05, 4.69) is 41.6 Å². The lowest BCUT2D eigenvalue weighted by Gasteiger charge is -2.10. The van der Waals surface area contributed by atoms with E-state index in [1.807, 2.05) is 18.3 Å². The molecule has 136 valence electrons. The van der Waals surface area contributed by atoms with E-state index >= 15 is 0 Å². The Bertz CT molecular complexity index is 1100. The maximum Gasteiger partial charge on any atom is 0.169 e. The third-order valence-electron chi connectivity index (χ3n) is 4.61. The molecule has 0 unspecified atom stereocenters. The molecule has 0 aliphatic carbocycles. The first-order valence-corrected chi connectivity index (χ1v) is 9.82. The molecule has 2 aromatic carbocycles. The highest BCUT2D eigenvalue weighted by atomic mass is 32.2. The zero-order valence-corrected chi connectivity index (χ0v) is 16.1. The molecule has 0 saturated heterocycles. The molecule has 0 saturated carbocycles. The topological polar surface area (TPSA) is 30.7 Å². The molecule has 3 nitrogen and oxygen atoms in total. The Kier molecular flexibility index (Phi) is 4.94. The molecule has 0 amide bonds. The third kappa shape index (κ3) is 3.88. The van der Waals surface area contributed by atoms with Crippen molar-refractivity contribution in [1.29, 1.82) is 0 Å². The lowest BCUT2D eigenvalue weighted by molar-refractivity contribution is 0.622. The van der Waals surface area contributed by atoms with Crippen LogP contribution in [0.2, 0.25) is 0 Å². The second-order valence-corrected chi connectivity index (χ2v) is 7.64. The van der Waals surface area contributed by atoms with Gasteiger partial charge in [-0.05, 0) is 48.7 Å². The van der Waals surface area contributed by atoms with Crippen LogP contribution in [0.5, 0.6) is 0 Å². The number of imidazole rings is 1. The largest absolute Gasteiger partial charge is 0.313 e. The molecule has 0 aliphatic heterocycles. The van der Waals surface area contributed by atoms with Gasteiger partial charge < -0.3 is 4.57 Å². The van der Waals surface area contributed by atoms with Gasteiger partial charge in [0.1, 0.15) is 5.82 Å². The van der Waals surface area contributed by atoms with E-state index in [-0.39, 0.29) is 5.82 Å². The molecule has 2 heterocycles. The standard InChI is InChI=1S/C22H20FN3S/c1-15-6-7-16(2)18(10-15)14-27-22-25-20-8-9-24-12-21(20)26(22)13-17-4-3-5-19(23)11-17/h3-12H,13-14H2,1-2H3. The summed E-state index contributed by atoms with van der Waals surface area (Å²) < 4.78 is 15.7. The second kappa shape index (κ2) is 7.53. The van der Waals surface area contributed by atoms with Crippen LogP contribution in [0.3, 0.4) is 0 Å². The summed E-state index contributed by atoms with van der Waals surface area (Å²) in [6.45, 7) is 4.81. The quantitative estimate of drug-likeness (QED) is 0.429. The highest BCUT2D eigenvalue weighted by molar-refractivity contribution is 7.98. The van der Waals surface area contributed by atoms with Crippen LogP contribution >= 0.6 is 11.8 Å². The van der Waals surface area contributed by atoms with Crippen molar-refractivity contribution in [1.82, 2.24) is 14.5 Å². The van der Waals surface area contributed by atoms with E-state index in [1.54, 1.807) is 30.1 Å². The van der Waals surface area contributed by atoms with Crippen LogP contribution in [0, 0.1) is 19.7 Å². The molecule has 0 atom stereocenters. The number of fused-ring (bicyclic) bond motifs is 1. The molecular formula is C22H20FN3S. The number of pyridine rings is 1. The van der Waals surface area contributed by atoms with Gasteiger partial charge >= 0.3 is 0 Å². The number of aryl methyl sites for hydroxylation is 2. The number of hydrogen-bond acceptors (Lipinski definition) is 3. The van der Waals surface area contributed by atoms with Crippen LogP contribution in [0.15, 0.2) is 66.1 Å². The molecular weight excluding hydrogens is 357 g/mol. The van der Waals surface area contributed by atoms with E-state index in [9.17, 15) is 4.39 Å². The number of nitrogens with zero attached hydrogens (tertiary/aromatic N) is 3. The van der Waals surface area contributed by atoms with Crippen LogP contribution in [-0.4, -0.2) is 14.5 Å². The van der Waals surface area contributed by atoms with Crippen LogP contribution in [-0.2, 0) is 12.3 Å². The summed E-state index contributed by atoms with van der Waals surface area (Å²) in [6.07, 6.45) is 3.57. The zero-order chi connectivity index (χ0) is 18.8. The average molecular weight is 377 g/mol. The predicted octanol–water partition coefficient (Wildman–Crippen LogP) is 5.53. The molecule has 0 radical (unpaired) electrons. The maximum absolute atomic E-state index is 13.6. The first-order valence-electron chi connectivity index (χ1n) is 8.84. The Labute approximate surface area is 162 Å². The molecule has 0 aliphatic rings. The van der Waals surface area contributed by atoms with Crippen molar-refractivity contribution >= 4 is 22.8 Å². The number of benzene rings is 2. The number of hydrogen-bond donors (Lipinski definition) is 0. The summed E-state index contributed by atoms with van der Waals surface area (Å²) >= 11 is 1.70. The van der Waals surface area contributed by atoms with E-state index in [1.165, 1.54) is 22.8 Å². The Hall–Kier alpha value is -2.66. The van der Waals surface area contributed by atoms with Gasteiger partial charge in [0, 0.05) is 11.9 Å². The van der Waals surface area contributed by atoms with Gasteiger partial charge in [0.2, 0.25) is 0 Å². The SMILES string of the molecule is Cc1ccc(C)c(CSc2nc3ccncc3n2Cc2cccc(F)c2)c1. The van der Waals surface area contributed by atoms with Crippen LogP contribution in [0.4, 0.5) is 4.39 Å². The smallest absolute Gasteiger partial charge is 0.169 e. The van der Waals surface area contributed by atoms with Crippen molar-refractivity contribution in [2.45, 2.75) is 31.3 Å². The highest BCUT2D eigenvalue weighted by Crippen LogP contribution is 2.28. The fourth-order valence-electron chi connectivity index (χ4n) is 3.13. The molecule has 0 N–H and O–H groups in total. The van der Waals surface area contributed by atoms with Crippen LogP contribution in [0.25, 0.3) is 11.0 Å². The normalized spacial score (nSPS) is 11.2. The Morgan fingerprint density at radius 3 is 2.81 bits per heavy atom. The summed E-state index contributed by atoms with van der Waals surface area (Å²) in [6, 6.07) is 15.1. The van der Waals surface area contributed by atoms with Crippen LogP contribution in [0.1, 0.15) is 22.3 Å². The van der Waals surface area contributed by atoms with Crippen LogP contribution < -0.4 is 0 Å². The minimum Gasteiger partial charge on any atom is -0.313 e. The third-order valence-corrected chi connectivity index (χ3v) is 5.63. The van der Waals surface area contributed by atoms with Gasteiger partial charge in [0.05, 0.1) is 23.8 Å². The fraction of sp³-hybridized carbons (Fsp3) is 0.182. The molecule has 0 bridgehead atoms. The number of rotatable bonds is 5. The minimum absolute atomic E-state index is 0.223. The van der Waals surface area contributed by atoms with Gasteiger partial charge in [-0.15, -0.1) is 0 Å². The summed E-state index contributed by atoms with van der Waals surface area (Å²) in [4.78, 5) is 9.04. The second-order valence-electron chi connectivity index (χ2n) is 6.69. The molecule has 0 spiro atoms. The average Bonchev–Trinajstić information content (AvgIpc) is 3.00. The lowest BCUT2D eigenvalue weighted by Crippen LogP contribution is -2.02. The van der Waals surface area contributed by atoms with E-state index in [0.717, 1.165) is 27.5 Å². The molecule has 4 aromatic rings. The Morgan fingerprint density at radius 2 is 1.96 bits per heavy atom. The first-order chi connectivity index (χ1) is 13.1. The highest BCUT2D eigenvalue weighted by Gasteiger charge is 2.13. The Balaban J connectivity index is 1.68. The van der Waals surface area contributed by atoms with Gasteiger partial charge in [-0.1, -0.05) is 47.7 Å². The lowest BCUT2D eigenvalue weighted by atomic mass is 10.1. The van der Waals surface area contributed by atoms with Gasteiger partial charge in [0.15, 0.2) is 5.16 Å². The fourth-order valence-corrected chi connectivity index (χ4v) is 4.20. The van der Waals surface area contributed by atoms with Crippen molar-refractivity contribution in [2.75, 3.05) is 0 Å². The summed E-state index contributed by atoms with van der Waals surface area (Å²) in [5.41, 5.74) is 6.63. The first kappa shape index (κ1) is 17.7. The van der Waals surface area contributed by atoms with Gasteiger partial charge in [0.25, 0.3) is 0 Å². The molecule has 2 aromatic heterocycles. The van der Waals surface area contributed by atoms with Gasteiger partial charge in [-0.25, -0.2) is 9.37 Å². The number of aromatic nitrogens is 3. The van der Waals surface area contributed by atoms with Gasteiger partial charge in [-0.2, -0.15) is 0 Å². The summed E-state index contributed by atoms with van der Waals surface area (Å²) in [7, 11) is 0. The molecule has 27 heavy (non-hydrogen) atoms. The number of thioether (sulfide) groups is 1. The van der Waals surface area contributed by atoms with Crippen molar-refractivity contribution in [3.05, 3.63) is 89.0 Å². The van der Waals surface area contributed by atoms with Gasteiger partial charge in [-0.3, -0.25) is 4.98 Å². The van der Waals surface area contributed by atoms with E-state index in [4.69, 9.17) is 4.98 Å². The molecule has 4 rings (SSSR count). The van der Waals surface area contributed by atoms with Crippen molar-refractivity contribution < 1.29 is 4.39 Å². The monoisotopic (exact) mass is 377 g/mol. The molecule has 0 fully saturated rings. The predicted molar refractivity (Wildman–Crippen MR) is 109 cm³/mol. The van der Waals surface area contributed by atoms with Crippen molar-refractivity contribution in [2.24, 2.45) is 0 Å². The van der Waals surface area contributed by atoms with E-state index < -0.39 is 0 Å². The Morgan fingerprint density at radius 1 is 1.07 bits per heavy atom. The maximum atomic E-state index is 13.6.